The average Bonchev–Trinajstić information content (AvgIpc) is 2.59. The molecule has 120 valence electrons. The van der Waals surface area contributed by atoms with Crippen molar-refractivity contribution in [2.45, 2.75) is 37.5 Å². The van der Waals surface area contributed by atoms with E-state index in [1.807, 2.05) is 0 Å². The first kappa shape index (κ1) is 14.9. The lowest BCUT2D eigenvalue weighted by Crippen LogP contribution is -2.53. The van der Waals surface area contributed by atoms with Gasteiger partial charge in [0.15, 0.2) is 0 Å². The molecule has 1 saturated heterocycles. The third-order valence-corrected chi connectivity index (χ3v) is 5.92. The lowest BCUT2D eigenvalue weighted by atomic mass is 9.65. The van der Waals surface area contributed by atoms with E-state index < -0.39 is 0 Å². The summed E-state index contributed by atoms with van der Waals surface area (Å²) in [5.41, 5.74) is 2.67. The number of aliphatic hydroxyl groups excluding tert-OH is 1. The second-order valence-electron chi connectivity index (χ2n) is 7.13. The van der Waals surface area contributed by atoms with Crippen molar-refractivity contribution in [3.63, 3.8) is 0 Å². The summed E-state index contributed by atoms with van der Waals surface area (Å²) in [6.07, 6.45) is 3.29. The molecule has 1 aliphatic heterocycles. The summed E-state index contributed by atoms with van der Waals surface area (Å²) in [6.45, 7) is 0. The molecule has 0 amide bonds. The first-order chi connectivity index (χ1) is 11.3. The fraction of sp³-hybridized carbons (Fsp3) is 0.429. The van der Waals surface area contributed by atoms with E-state index >= 15 is 0 Å². The van der Waals surface area contributed by atoms with Crippen LogP contribution in [-0.2, 0) is 0 Å². The van der Waals surface area contributed by atoms with Crippen LogP contribution in [0.2, 0.25) is 0 Å². The maximum atomic E-state index is 11.0. The largest absolute Gasteiger partial charge is 0.392 e. The van der Waals surface area contributed by atoms with Crippen LogP contribution >= 0.6 is 0 Å². The molecular weight excluding hydrogens is 282 g/mol. The van der Waals surface area contributed by atoms with Gasteiger partial charge in [0.05, 0.1) is 6.10 Å². The topological polar surface area (TPSA) is 23.5 Å². The van der Waals surface area contributed by atoms with E-state index in [2.05, 4.69) is 72.6 Å². The van der Waals surface area contributed by atoms with Gasteiger partial charge in [0.25, 0.3) is 0 Å². The number of hydrogen-bond donors (Lipinski definition) is 1. The van der Waals surface area contributed by atoms with Crippen LogP contribution in [0.1, 0.15) is 42.5 Å². The van der Waals surface area contributed by atoms with Gasteiger partial charge in [0.2, 0.25) is 0 Å². The highest BCUT2D eigenvalue weighted by atomic mass is 16.3. The van der Waals surface area contributed by atoms with E-state index in [1.165, 1.54) is 17.5 Å². The van der Waals surface area contributed by atoms with Crippen LogP contribution in [-0.4, -0.2) is 23.2 Å². The lowest BCUT2D eigenvalue weighted by Gasteiger charge is -2.54. The van der Waals surface area contributed by atoms with Crippen molar-refractivity contribution in [1.29, 1.82) is 0 Å². The number of rotatable bonds is 2. The number of likely N-dealkylation sites (tertiary alicyclic amines) is 1. The molecule has 1 unspecified atom stereocenters. The SMILES string of the molecule is CN1[C@H](c2ccccc2)[C@@H]2CCC[C@@H](C2O)[C@@H]1c1ccccc1. The molecule has 2 fully saturated rings. The van der Waals surface area contributed by atoms with E-state index in [1.54, 1.807) is 0 Å². The molecular formula is C21H25NO. The van der Waals surface area contributed by atoms with E-state index in [4.69, 9.17) is 0 Å². The third kappa shape index (κ3) is 2.50. The first-order valence-electron chi connectivity index (χ1n) is 8.77. The molecule has 2 nitrogen and oxygen atoms in total. The Labute approximate surface area is 138 Å². The summed E-state index contributed by atoms with van der Waals surface area (Å²) in [4.78, 5) is 2.52. The van der Waals surface area contributed by atoms with Crippen LogP contribution in [0.4, 0.5) is 0 Å². The number of aliphatic hydroxyl groups is 1. The standard InChI is InChI=1S/C21H25NO/c1-22-19(15-9-4-2-5-10-15)17-13-8-14-18(21(17)23)20(22)16-11-6-3-7-12-16/h2-7,9-12,17-21,23H,8,13-14H2,1H3/t17-,18+,19+,20-,21?. The predicted octanol–water partition coefficient (Wildman–Crippen LogP) is 4.19. The molecule has 2 heteroatoms. The van der Waals surface area contributed by atoms with Gasteiger partial charge in [-0.15, -0.1) is 0 Å². The highest BCUT2D eigenvalue weighted by molar-refractivity contribution is 5.27. The molecule has 1 aliphatic carbocycles. The van der Waals surface area contributed by atoms with Crippen molar-refractivity contribution >= 4 is 0 Å². The molecule has 2 bridgehead atoms. The molecule has 5 atom stereocenters. The normalized spacial score (nSPS) is 34.3. The van der Waals surface area contributed by atoms with Gasteiger partial charge in [-0.3, -0.25) is 4.90 Å². The van der Waals surface area contributed by atoms with Gasteiger partial charge < -0.3 is 5.11 Å². The Balaban J connectivity index is 1.78. The summed E-state index contributed by atoms with van der Waals surface area (Å²) in [5.74, 6) is 0.697. The van der Waals surface area contributed by atoms with E-state index in [0.717, 1.165) is 12.8 Å². The Morgan fingerprint density at radius 3 is 1.65 bits per heavy atom. The van der Waals surface area contributed by atoms with Gasteiger partial charge in [-0.1, -0.05) is 67.1 Å². The number of hydrogen-bond acceptors (Lipinski definition) is 2. The monoisotopic (exact) mass is 307 g/mol. The zero-order valence-electron chi connectivity index (χ0n) is 13.7. The predicted molar refractivity (Wildman–Crippen MR) is 93.0 cm³/mol. The fourth-order valence-corrected chi connectivity index (χ4v) is 4.98. The lowest BCUT2D eigenvalue weighted by molar-refractivity contribution is -0.112. The number of piperidine rings is 1. The molecule has 0 aromatic heterocycles. The van der Waals surface area contributed by atoms with Crippen LogP contribution in [0.15, 0.2) is 60.7 Å². The minimum absolute atomic E-state index is 0.199. The van der Waals surface area contributed by atoms with Gasteiger partial charge in [0.1, 0.15) is 0 Å². The van der Waals surface area contributed by atoms with Gasteiger partial charge in [-0.05, 0) is 31.0 Å². The Bertz CT molecular complexity index is 586. The van der Waals surface area contributed by atoms with Crippen molar-refractivity contribution in [2.75, 3.05) is 7.05 Å². The Morgan fingerprint density at radius 2 is 1.22 bits per heavy atom. The highest BCUT2D eigenvalue weighted by Gasteiger charge is 2.49. The molecule has 0 radical (unpaired) electrons. The van der Waals surface area contributed by atoms with Crippen molar-refractivity contribution < 1.29 is 5.11 Å². The molecule has 2 aromatic carbocycles. The molecule has 1 heterocycles. The average molecular weight is 307 g/mol. The summed E-state index contributed by atoms with van der Waals surface area (Å²) in [7, 11) is 2.24. The van der Waals surface area contributed by atoms with E-state index in [0.29, 0.717) is 23.9 Å². The Hall–Kier alpha value is -1.64. The van der Waals surface area contributed by atoms with Crippen LogP contribution in [0.3, 0.4) is 0 Å². The van der Waals surface area contributed by atoms with Gasteiger partial charge in [-0.25, -0.2) is 0 Å². The maximum Gasteiger partial charge on any atom is 0.0633 e. The first-order valence-corrected chi connectivity index (χ1v) is 8.77. The van der Waals surface area contributed by atoms with Gasteiger partial charge in [-0.2, -0.15) is 0 Å². The molecule has 2 aliphatic rings. The molecule has 4 rings (SSSR count). The Morgan fingerprint density at radius 1 is 0.783 bits per heavy atom. The molecule has 1 N–H and O–H groups in total. The summed E-state index contributed by atoms with van der Waals surface area (Å²) >= 11 is 0. The number of benzene rings is 2. The minimum Gasteiger partial charge on any atom is -0.392 e. The summed E-state index contributed by atoms with van der Waals surface area (Å²) < 4.78 is 0. The van der Waals surface area contributed by atoms with Crippen molar-refractivity contribution in [1.82, 2.24) is 4.90 Å². The number of nitrogens with zero attached hydrogens (tertiary/aromatic N) is 1. The quantitative estimate of drug-likeness (QED) is 0.899. The van der Waals surface area contributed by atoms with Crippen LogP contribution < -0.4 is 0 Å². The van der Waals surface area contributed by atoms with Crippen molar-refractivity contribution in [2.24, 2.45) is 11.8 Å². The summed E-state index contributed by atoms with van der Waals surface area (Å²) in [5, 5.41) is 11.0. The Kier molecular flexibility index (Phi) is 3.96. The highest BCUT2D eigenvalue weighted by Crippen LogP contribution is 2.52. The zero-order chi connectivity index (χ0) is 15.8. The summed E-state index contributed by atoms with van der Waals surface area (Å²) in [6, 6.07) is 22.0. The number of fused-ring (bicyclic) bond motifs is 2. The van der Waals surface area contributed by atoms with E-state index in [9.17, 15) is 5.11 Å². The second kappa shape index (κ2) is 6.10. The molecule has 1 saturated carbocycles. The second-order valence-corrected chi connectivity index (χ2v) is 7.13. The molecule has 23 heavy (non-hydrogen) atoms. The third-order valence-electron chi connectivity index (χ3n) is 5.92. The molecule has 0 spiro atoms. The smallest absolute Gasteiger partial charge is 0.0633 e. The van der Waals surface area contributed by atoms with Crippen molar-refractivity contribution in [3.05, 3.63) is 71.8 Å². The van der Waals surface area contributed by atoms with Crippen molar-refractivity contribution in [3.8, 4) is 0 Å². The van der Waals surface area contributed by atoms with Gasteiger partial charge in [0, 0.05) is 23.9 Å². The molecule has 2 aromatic rings. The van der Waals surface area contributed by atoms with Gasteiger partial charge >= 0.3 is 0 Å². The van der Waals surface area contributed by atoms with Crippen LogP contribution in [0.25, 0.3) is 0 Å². The zero-order valence-corrected chi connectivity index (χ0v) is 13.7. The van der Waals surface area contributed by atoms with Crippen LogP contribution in [0.5, 0.6) is 0 Å². The maximum absolute atomic E-state index is 11.0. The fourth-order valence-electron chi connectivity index (χ4n) is 4.98. The van der Waals surface area contributed by atoms with Crippen LogP contribution in [0, 0.1) is 11.8 Å². The minimum atomic E-state index is -0.199. The van der Waals surface area contributed by atoms with E-state index in [-0.39, 0.29) is 6.10 Å².